The zero-order chi connectivity index (χ0) is 22.1. The summed E-state index contributed by atoms with van der Waals surface area (Å²) in [4.78, 5) is 29.7. The van der Waals surface area contributed by atoms with E-state index in [0.29, 0.717) is 22.4 Å². The van der Waals surface area contributed by atoms with Crippen molar-refractivity contribution in [3.63, 3.8) is 0 Å². The number of aromatic nitrogens is 3. The molecule has 2 heterocycles. The van der Waals surface area contributed by atoms with Crippen LogP contribution in [-0.2, 0) is 11.3 Å². The van der Waals surface area contributed by atoms with Crippen molar-refractivity contribution in [3.8, 4) is 5.69 Å². The largest absolute Gasteiger partial charge is 0.326 e. The molecule has 2 aromatic carbocycles. The van der Waals surface area contributed by atoms with E-state index >= 15 is 0 Å². The molecule has 0 fully saturated rings. The second kappa shape index (κ2) is 8.14. The van der Waals surface area contributed by atoms with Gasteiger partial charge >= 0.3 is 0 Å². The predicted octanol–water partition coefficient (Wildman–Crippen LogP) is 4.11. The molecule has 0 radical (unpaired) electrons. The highest BCUT2D eigenvalue weighted by molar-refractivity contribution is 5.90. The lowest BCUT2D eigenvalue weighted by molar-refractivity contribution is -0.116. The van der Waals surface area contributed by atoms with Gasteiger partial charge in [0.2, 0.25) is 5.91 Å². The van der Waals surface area contributed by atoms with Crippen LogP contribution in [-0.4, -0.2) is 20.0 Å². The lowest BCUT2D eigenvalue weighted by atomic mass is 10.2. The molecule has 6 nitrogen and oxygen atoms in total. The van der Waals surface area contributed by atoms with Crippen LogP contribution in [0.3, 0.4) is 0 Å². The Kier molecular flexibility index (Phi) is 5.37. The monoisotopic (exact) mass is 422 g/mol. The fourth-order valence-corrected chi connectivity index (χ4v) is 3.55. The molecule has 4 aromatic rings. The molecule has 1 N–H and O–H groups in total. The van der Waals surface area contributed by atoms with Crippen LogP contribution >= 0.6 is 0 Å². The van der Waals surface area contributed by atoms with E-state index in [0.717, 1.165) is 11.3 Å². The Bertz CT molecular complexity index is 1340. The highest BCUT2D eigenvalue weighted by Gasteiger charge is 2.18. The van der Waals surface area contributed by atoms with Gasteiger partial charge in [-0.1, -0.05) is 6.07 Å². The van der Waals surface area contributed by atoms with Crippen LogP contribution in [0.25, 0.3) is 16.7 Å². The van der Waals surface area contributed by atoms with E-state index in [1.807, 2.05) is 13.8 Å². The van der Waals surface area contributed by atoms with E-state index in [1.54, 1.807) is 16.7 Å². The highest BCUT2D eigenvalue weighted by Crippen LogP contribution is 2.25. The van der Waals surface area contributed by atoms with Gasteiger partial charge in [0.05, 0.1) is 17.4 Å². The zero-order valence-corrected chi connectivity index (χ0v) is 17.0. The fraction of sp³-hybridized carbons (Fsp3) is 0.174. The van der Waals surface area contributed by atoms with Crippen LogP contribution < -0.4 is 10.9 Å². The Morgan fingerprint density at radius 1 is 1.06 bits per heavy atom. The van der Waals surface area contributed by atoms with Crippen molar-refractivity contribution in [2.75, 3.05) is 5.32 Å². The van der Waals surface area contributed by atoms with Crippen molar-refractivity contribution >= 4 is 22.6 Å². The Morgan fingerprint density at radius 3 is 2.52 bits per heavy atom. The first-order valence-corrected chi connectivity index (χ1v) is 9.73. The summed E-state index contributed by atoms with van der Waals surface area (Å²) in [5.74, 6) is -1.07. The van der Waals surface area contributed by atoms with Crippen LogP contribution in [0, 0.1) is 25.5 Å². The van der Waals surface area contributed by atoms with Crippen molar-refractivity contribution in [3.05, 3.63) is 88.1 Å². The van der Waals surface area contributed by atoms with Crippen LogP contribution in [0.2, 0.25) is 0 Å². The molecule has 1 amide bonds. The van der Waals surface area contributed by atoms with Crippen LogP contribution in [0.1, 0.15) is 17.7 Å². The Morgan fingerprint density at radius 2 is 1.81 bits per heavy atom. The number of benzene rings is 2. The van der Waals surface area contributed by atoms with E-state index in [9.17, 15) is 18.4 Å². The molecular formula is C23H20F2N4O2. The van der Waals surface area contributed by atoms with Gasteiger partial charge in [-0.15, -0.1) is 0 Å². The summed E-state index contributed by atoms with van der Waals surface area (Å²) < 4.78 is 29.8. The average Bonchev–Trinajstić information content (AvgIpc) is 3.00. The number of hydrogen-bond donors (Lipinski definition) is 1. The van der Waals surface area contributed by atoms with Gasteiger partial charge in [0.25, 0.3) is 5.56 Å². The summed E-state index contributed by atoms with van der Waals surface area (Å²) in [5.41, 5.74) is 2.77. The molecular weight excluding hydrogens is 402 g/mol. The minimum atomic E-state index is -0.389. The van der Waals surface area contributed by atoms with Crippen LogP contribution in [0.4, 0.5) is 14.5 Å². The van der Waals surface area contributed by atoms with E-state index in [2.05, 4.69) is 10.3 Å². The molecule has 0 aliphatic rings. The minimum Gasteiger partial charge on any atom is -0.326 e. The molecule has 0 aliphatic heterocycles. The number of carbonyl (C=O) groups is 1. The van der Waals surface area contributed by atoms with Crippen molar-refractivity contribution in [1.29, 1.82) is 0 Å². The number of halogens is 2. The van der Waals surface area contributed by atoms with Gasteiger partial charge in [0, 0.05) is 24.3 Å². The predicted molar refractivity (Wildman–Crippen MR) is 114 cm³/mol. The third-order valence-electron chi connectivity index (χ3n) is 5.26. The number of anilines is 1. The third kappa shape index (κ3) is 3.96. The standard InChI is InChI=1S/C23H20F2N4O2/c1-14-15(2)29(19-5-3-4-17(25)12-19)22-21(14)23(31)28(13-26-22)11-10-20(30)27-18-8-6-16(24)7-9-18/h3-9,12-13H,10-11H2,1-2H3,(H,27,30). The Hall–Kier alpha value is -3.81. The second-order valence-corrected chi connectivity index (χ2v) is 7.27. The first-order valence-electron chi connectivity index (χ1n) is 9.73. The molecule has 31 heavy (non-hydrogen) atoms. The van der Waals surface area contributed by atoms with Gasteiger partial charge in [-0.3, -0.25) is 18.7 Å². The van der Waals surface area contributed by atoms with Gasteiger partial charge in [0.1, 0.15) is 11.6 Å². The van der Waals surface area contributed by atoms with Gasteiger partial charge in [0.15, 0.2) is 5.65 Å². The summed E-state index contributed by atoms with van der Waals surface area (Å²) >= 11 is 0. The van der Waals surface area contributed by atoms with E-state index in [1.165, 1.54) is 47.3 Å². The molecule has 8 heteroatoms. The quantitative estimate of drug-likeness (QED) is 0.526. The summed E-state index contributed by atoms with van der Waals surface area (Å²) in [6.45, 7) is 3.81. The molecule has 0 spiro atoms. The topological polar surface area (TPSA) is 68.9 Å². The molecule has 4 rings (SSSR count). The molecule has 0 atom stereocenters. The number of amides is 1. The SMILES string of the molecule is Cc1c(C)n(-c2cccc(F)c2)c2ncn(CCC(=O)Nc3ccc(F)cc3)c(=O)c12. The number of fused-ring (bicyclic) bond motifs is 1. The van der Waals surface area contributed by atoms with Gasteiger partial charge < -0.3 is 5.32 Å². The van der Waals surface area contributed by atoms with E-state index in [4.69, 9.17) is 0 Å². The summed E-state index contributed by atoms with van der Waals surface area (Å²) in [7, 11) is 0. The number of rotatable bonds is 5. The van der Waals surface area contributed by atoms with Gasteiger partial charge in [-0.25, -0.2) is 13.8 Å². The van der Waals surface area contributed by atoms with Crippen molar-refractivity contribution in [2.45, 2.75) is 26.8 Å². The zero-order valence-electron chi connectivity index (χ0n) is 17.0. The smallest absolute Gasteiger partial charge is 0.263 e. The molecule has 0 unspecified atom stereocenters. The Balaban J connectivity index is 1.61. The first kappa shape index (κ1) is 20.5. The maximum absolute atomic E-state index is 13.7. The number of nitrogens with zero attached hydrogens (tertiary/aromatic N) is 3. The van der Waals surface area contributed by atoms with Crippen LogP contribution in [0.15, 0.2) is 59.7 Å². The maximum atomic E-state index is 13.7. The fourth-order valence-electron chi connectivity index (χ4n) is 3.55. The summed E-state index contributed by atoms with van der Waals surface area (Å²) in [5, 5.41) is 3.10. The second-order valence-electron chi connectivity index (χ2n) is 7.27. The van der Waals surface area contributed by atoms with E-state index in [-0.39, 0.29) is 36.1 Å². The highest BCUT2D eigenvalue weighted by atomic mass is 19.1. The number of nitrogens with one attached hydrogen (secondary N) is 1. The Labute approximate surface area is 176 Å². The van der Waals surface area contributed by atoms with E-state index < -0.39 is 0 Å². The minimum absolute atomic E-state index is 0.0487. The van der Waals surface area contributed by atoms with Crippen molar-refractivity contribution in [2.24, 2.45) is 0 Å². The number of carbonyl (C=O) groups excluding carboxylic acids is 1. The molecule has 158 valence electrons. The normalized spacial score (nSPS) is 11.1. The average molecular weight is 422 g/mol. The number of hydrogen-bond acceptors (Lipinski definition) is 3. The van der Waals surface area contributed by atoms with Crippen molar-refractivity contribution < 1.29 is 13.6 Å². The molecule has 0 bridgehead atoms. The molecule has 0 aliphatic carbocycles. The number of aryl methyl sites for hydroxylation is 2. The summed E-state index contributed by atoms with van der Waals surface area (Å²) in [6.07, 6.45) is 1.44. The molecule has 0 saturated heterocycles. The van der Waals surface area contributed by atoms with Gasteiger partial charge in [-0.05, 0) is 61.9 Å². The third-order valence-corrected chi connectivity index (χ3v) is 5.26. The summed E-state index contributed by atoms with van der Waals surface area (Å²) in [6, 6.07) is 11.5. The van der Waals surface area contributed by atoms with Crippen molar-refractivity contribution in [1.82, 2.24) is 14.1 Å². The van der Waals surface area contributed by atoms with Gasteiger partial charge in [-0.2, -0.15) is 0 Å². The first-order chi connectivity index (χ1) is 14.8. The molecule has 2 aromatic heterocycles. The lowest BCUT2D eigenvalue weighted by Crippen LogP contribution is -2.24. The maximum Gasteiger partial charge on any atom is 0.263 e. The lowest BCUT2D eigenvalue weighted by Gasteiger charge is -2.09. The van der Waals surface area contributed by atoms with Crippen LogP contribution in [0.5, 0.6) is 0 Å². The molecule has 0 saturated carbocycles.